The summed E-state index contributed by atoms with van der Waals surface area (Å²) in [4.78, 5) is 30.3. The number of benzene rings is 1. The smallest absolute Gasteiger partial charge is 0.181 e. The number of carbonyl (C=O) groups excluding carboxylic acids is 2. The van der Waals surface area contributed by atoms with E-state index in [4.69, 9.17) is 4.74 Å². The second-order valence-electron chi connectivity index (χ2n) is 7.76. The normalized spacial score (nSPS) is 21.6. The zero-order valence-corrected chi connectivity index (χ0v) is 17.1. The van der Waals surface area contributed by atoms with Gasteiger partial charge >= 0.3 is 0 Å². The van der Waals surface area contributed by atoms with Crippen LogP contribution >= 0.6 is 0 Å². The number of rotatable bonds is 7. The van der Waals surface area contributed by atoms with Gasteiger partial charge in [0.1, 0.15) is 5.54 Å². The van der Waals surface area contributed by atoms with Crippen LogP contribution in [0.25, 0.3) is 0 Å². The molecule has 5 heteroatoms. The molecule has 0 saturated carbocycles. The molecule has 5 nitrogen and oxygen atoms in total. The molecule has 1 saturated heterocycles. The highest BCUT2D eigenvalue weighted by Gasteiger charge is 2.52. The summed E-state index contributed by atoms with van der Waals surface area (Å²) in [7, 11) is 3.94. The first-order valence-corrected chi connectivity index (χ1v) is 9.96. The minimum atomic E-state index is -0.924. The Morgan fingerprint density at radius 1 is 1.14 bits per heavy atom. The van der Waals surface area contributed by atoms with Crippen molar-refractivity contribution in [1.82, 2.24) is 9.80 Å². The third-order valence-electron chi connectivity index (χ3n) is 6.10. The molecule has 0 radical (unpaired) electrons. The topological polar surface area (TPSA) is 49.9 Å². The van der Waals surface area contributed by atoms with Gasteiger partial charge in [-0.3, -0.25) is 19.4 Å². The molecule has 0 spiro atoms. The number of ketones is 2. The van der Waals surface area contributed by atoms with E-state index >= 15 is 0 Å². The van der Waals surface area contributed by atoms with Gasteiger partial charge in [-0.15, -0.1) is 0 Å². The molecule has 150 valence electrons. The van der Waals surface area contributed by atoms with E-state index in [0.717, 1.165) is 5.56 Å². The fourth-order valence-electron chi connectivity index (χ4n) is 4.32. The molecule has 1 fully saturated rings. The lowest BCUT2D eigenvalue weighted by Gasteiger charge is -2.49. The SMILES string of the molecule is CCC(Cc1ccccc1)(C(=O)C1(N2CCOCC2)C=CC(=O)C=C1)N(C)C. The average Bonchev–Trinajstić information content (AvgIpc) is 2.73. The van der Waals surface area contributed by atoms with Crippen LogP contribution in [0, 0.1) is 0 Å². The summed E-state index contributed by atoms with van der Waals surface area (Å²) in [5, 5.41) is 0. The fourth-order valence-corrected chi connectivity index (χ4v) is 4.32. The molecule has 1 aliphatic carbocycles. The summed E-state index contributed by atoms with van der Waals surface area (Å²) in [6.45, 7) is 4.56. The molecular formula is C23H30N2O3. The number of Topliss-reactive ketones (excluding diaryl/α,β-unsaturated/α-hetero) is 1. The lowest BCUT2D eigenvalue weighted by molar-refractivity contribution is -0.140. The van der Waals surface area contributed by atoms with Gasteiger partial charge in [0.2, 0.25) is 0 Å². The van der Waals surface area contributed by atoms with Crippen LogP contribution in [0.5, 0.6) is 0 Å². The first kappa shape index (κ1) is 20.6. The molecule has 1 heterocycles. The molecule has 3 rings (SSSR count). The van der Waals surface area contributed by atoms with Gasteiger partial charge in [-0.05, 0) is 56.8 Å². The van der Waals surface area contributed by atoms with E-state index in [9.17, 15) is 9.59 Å². The van der Waals surface area contributed by atoms with Gasteiger partial charge in [-0.25, -0.2) is 0 Å². The van der Waals surface area contributed by atoms with Crippen LogP contribution in [0.4, 0.5) is 0 Å². The number of carbonyl (C=O) groups is 2. The molecule has 28 heavy (non-hydrogen) atoms. The van der Waals surface area contributed by atoms with E-state index in [1.54, 1.807) is 12.2 Å². The number of morpholine rings is 1. The Labute approximate surface area is 167 Å². The van der Waals surface area contributed by atoms with Gasteiger partial charge in [0.05, 0.1) is 18.8 Å². The predicted octanol–water partition coefficient (Wildman–Crippen LogP) is 2.27. The first-order valence-electron chi connectivity index (χ1n) is 9.96. The van der Waals surface area contributed by atoms with Crippen molar-refractivity contribution in [1.29, 1.82) is 0 Å². The molecule has 0 aromatic heterocycles. The second-order valence-corrected chi connectivity index (χ2v) is 7.76. The molecule has 1 aromatic rings. The second kappa shape index (κ2) is 8.52. The zero-order valence-electron chi connectivity index (χ0n) is 17.1. The zero-order chi connectivity index (χ0) is 20.2. The molecule has 1 aliphatic heterocycles. The highest BCUT2D eigenvalue weighted by Crippen LogP contribution is 2.35. The van der Waals surface area contributed by atoms with Crippen LogP contribution < -0.4 is 0 Å². The fraction of sp³-hybridized carbons (Fsp3) is 0.478. The number of hydrogen-bond acceptors (Lipinski definition) is 5. The van der Waals surface area contributed by atoms with Crippen molar-refractivity contribution in [3.63, 3.8) is 0 Å². The van der Waals surface area contributed by atoms with Gasteiger partial charge in [-0.2, -0.15) is 0 Å². The van der Waals surface area contributed by atoms with Crippen molar-refractivity contribution in [3.8, 4) is 0 Å². The van der Waals surface area contributed by atoms with Gasteiger partial charge in [0.15, 0.2) is 11.6 Å². The van der Waals surface area contributed by atoms with E-state index in [0.29, 0.717) is 39.1 Å². The lowest BCUT2D eigenvalue weighted by Crippen LogP contribution is -2.66. The Bertz CT molecular complexity index is 747. The monoisotopic (exact) mass is 382 g/mol. The van der Waals surface area contributed by atoms with Crippen molar-refractivity contribution >= 4 is 11.6 Å². The van der Waals surface area contributed by atoms with Crippen molar-refractivity contribution in [2.24, 2.45) is 0 Å². The van der Waals surface area contributed by atoms with E-state index in [-0.39, 0.29) is 11.6 Å². The molecule has 1 aromatic carbocycles. The molecule has 0 bridgehead atoms. The van der Waals surface area contributed by atoms with E-state index < -0.39 is 11.1 Å². The Balaban J connectivity index is 2.06. The van der Waals surface area contributed by atoms with Crippen LogP contribution in [-0.2, 0) is 20.7 Å². The molecular weight excluding hydrogens is 352 g/mol. The summed E-state index contributed by atoms with van der Waals surface area (Å²) in [5.41, 5.74) is -0.482. The maximum Gasteiger partial charge on any atom is 0.181 e. The highest BCUT2D eigenvalue weighted by molar-refractivity contribution is 6.07. The largest absolute Gasteiger partial charge is 0.379 e. The quantitative estimate of drug-likeness (QED) is 0.724. The number of hydrogen-bond donors (Lipinski definition) is 0. The van der Waals surface area contributed by atoms with Crippen LogP contribution in [0.15, 0.2) is 54.6 Å². The molecule has 2 aliphatic rings. The number of nitrogens with zero attached hydrogens (tertiary/aromatic N) is 2. The Hall–Kier alpha value is -2.08. The van der Waals surface area contributed by atoms with Crippen LogP contribution in [0.3, 0.4) is 0 Å². The Morgan fingerprint density at radius 2 is 1.75 bits per heavy atom. The van der Waals surface area contributed by atoms with Crippen LogP contribution in [-0.4, -0.2) is 72.8 Å². The average molecular weight is 383 g/mol. The third-order valence-corrected chi connectivity index (χ3v) is 6.10. The predicted molar refractivity (Wildman–Crippen MR) is 110 cm³/mol. The van der Waals surface area contributed by atoms with Gasteiger partial charge in [-0.1, -0.05) is 37.3 Å². The first-order chi connectivity index (χ1) is 13.4. The lowest BCUT2D eigenvalue weighted by atomic mass is 9.72. The summed E-state index contributed by atoms with van der Waals surface area (Å²) >= 11 is 0. The van der Waals surface area contributed by atoms with E-state index in [2.05, 4.69) is 24.0 Å². The van der Waals surface area contributed by atoms with Crippen LogP contribution in [0.2, 0.25) is 0 Å². The summed E-state index contributed by atoms with van der Waals surface area (Å²) in [6, 6.07) is 10.1. The summed E-state index contributed by atoms with van der Waals surface area (Å²) in [6.07, 6.45) is 7.95. The third kappa shape index (κ3) is 3.75. The van der Waals surface area contributed by atoms with E-state index in [1.165, 1.54) is 12.2 Å². The minimum absolute atomic E-state index is 0.0771. The number of allylic oxidation sites excluding steroid dienone is 2. The summed E-state index contributed by atoms with van der Waals surface area (Å²) < 4.78 is 5.51. The summed E-state index contributed by atoms with van der Waals surface area (Å²) in [5.74, 6) is 0.0324. The molecule has 0 amide bonds. The maximum absolute atomic E-state index is 14.3. The van der Waals surface area contributed by atoms with Gasteiger partial charge in [0, 0.05) is 13.1 Å². The van der Waals surface area contributed by atoms with Gasteiger partial charge in [0.25, 0.3) is 0 Å². The Morgan fingerprint density at radius 3 is 2.29 bits per heavy atom. The maximum atomic E-state index is 14.3. The van der Waals surface area contributed by atoms with Crippen molar-refractivity contribution < 1.29 is 14.3 Å². The minimum Gasteiger partial charge on any atom is -0.379 e. The molecule has 1 atom stereocenters. The number of likely N-dealkylation sites (N-methyl/N-ethyl adjacent to an activating group) is 1. The van der Waals surface area contributed by atoms with Crippen LogP contribution in [0.1, 0.15) is 18.9 Å². The number of ether oxygens (including phenoxy) is 1. The van der Waals surface area contributed by atoms with Crippen molar-refractivity contribution in [2.45, 2.75) is 30.8 Å². The molecule has 1 unspecified atom stereocenters. The Kier molecular flexibility index (Phi) is 6.28. The standard InChI is InChI=1S/C23H30N2O3/c1-4-22(24(2)3,18-19-8-6-5-7-9-19)21(27)23(12-10-20(26)11-13-23)25-14-16-28-17-15-25/h5-13H,4,14-18H2,1-3H3. The van der Waals surface area contributed by atoms with E-state index in [1.807, 2.05) is 37.2 Å². The van der Waals surface area contributed by atoms with Gasteiger partial charge < -0.3 is 4.74 Å². The highest BCUT2D eigenvalue weighted by atomic mass is 16.5. The van der Waals surface area contributed by atoms with Crippen molar-refractivity contribution in [3.05, 3.63) is 60.2 Å². The molecule has 0 N–H and O–H groups in total. The van der Waals surface area contributed by atoms with Crippen molar-refractivity contribution in [2.75, 3.05) is 40.4 Å².